The first-order chi connectivity index (χ1) is 13.3. The summed E-state index contributed by atoms with van der Waals surface area (Å²) in [6.45, 7) is 0.589. The minimum absolute atomic E-state index is 0.0154. The number of furan rings is 1. The summed E-state index contributed by atoms with van der Waals surface area (Å²) in [6.07, 6.45) is 5.95. The van der Waals surface area contributed by atoms with Crippen LogP contribution in [0.3, 0.4) is 0 Å². The molecule has 1 aliphatic carbocycles. The summed E-state index contributed by atoms with van der Waals surface area (Å²) < 4.78 is 10.7. The highest BCUT2D eigenvalue weighted by molar-refractivity contribution is 5.91. The van der Waals surface area contributed by atoms with E-state index in [9.17, 15) is 4.79 Å². The molecule has 6 nitrogen and oxygen atoms in total. The Morgan fingerprint density at radius 2 is 2.07 bits per heavy atom. The number of aromatic amines is 1. The smallest absolute Gasteiger partial charge is 0.232 e. The van der Waals surface area contributed by atoms with E-state index >= 15 is 0 Å². The Morgan fingerprint density at radius 3 is 2.89 bits per heavy atom. The number of carbonyl (C=O) groups excluding carboxylic acids is 1. The van der Waals surface area contributed by atoms with E-state index in [-0.39, 0.29) is 5.91 Å². The third-order valence-electron chi connectivity index (χ3n) is 5.30. The van der Waals surface area contributed by atoms with Crippen LogP contribution in [0.25, 0.3) is 22.4 Å². The van der Waals surface area contributed by atoms with Gasteiger partial charge in [0.15, 0.2) is 5.76 Å². The number of benzene rings is 1. The molecule has 0 radical (unpaired) electrons. The van der Waals surface area contributed by atoms with Gasteiger partial charge in [0, 0.05) is 29.7 Å². The lowest BCUT2D eigenvalue weighted by atomic mass is 10.0. The van der Waals surface area contributed by atoms with Crippen molar-refractivity contribution in [3.8, 4) is 11.5 Å². The summed E-state index contributed by atoms with van der Waals surface area (Å²) in [5.74, 6) is 1.18. The third kappa shape index (κ3) is 2.73. The average Bonchev–Trinajstić information content (AvgIpc) is 3.11. The number of rotatable bonds is 6. The van der Waals surface area contributed by atoms with Crippen LogP contribution in [-0.4, -0.2) is 22.6 Å². The van der Waals surface area contributed by atoms with Gasteiger partial charge in [-0.15, -0.1) is 0 Å². The van der Waals surface area contributed by atoms with Crippen LogP contribution >= 0.6 is 0 Å². The number of nitrogens with one attached hydrogen (secondary N) is 2. The van der Waals surface area contributed by atoms with E-state index in [2.05, 4.69) is 27.6 Å². The van der Waals surface area contributed by atoms with E-state index < -0.39 is 5.41 Å². The van der Waals surface area contributed by atoms with Gasteiger partial charge in [-0.25, -0.2) is 0 Å². The number of aromatic nitrogens is 2. The highest BCUT2D eigenvalue weighted by Crippen LogP contribution is 2.48. The van der Waals surface area contributed by atoms with Crippen molar-refractivity contribution in [2.24, 2.45) is 0 Å². The lowest BCUT2D eigenvalue weighted by Crippen LogP contribution is -2.36. The topological polar surface area (TPSA) is 84.1 Å². The van der Waals surface area contributed by atoms with Crippen LogP contribution in [0.15, 0.2) is 63.9 Å². The summed E-state index contributed by atoms with van der Waals surface area (Å²) in [7, 11) is 0. The summed E-state index contributed by atoms with van der Waals surface area (Å²) in [5, 5.41) is 8.40. The Balaban J connectivity index is 1.26. The van der Waals surface area contributed by atoms with E-state index in [0.717, 1.165) is 24.8 Å². The minimum atomic E-state index is -0.561. The van der Waals surface area contributed by atoms with E-state index in [0.29, 0.717) is 23.8 Å². The van der Waals surface area contributed by atoms with E-state index in [4.69, 9.17) is 8.94 Å². The molecule has 0 aliphatic heterocycles. The van der Waals surface area contributed by atoms with Crippen molar-refractivity contribution in [1.82, 2.24) is 15.5 Å². The molecule has 5 rings (SSSR count). The van der Waals surface area contributed by atoms with Gasteiger partial charge in [-0.1, -0.05) is 23.4 Å². The number of amides is 1. The zero-order chi connectivity index (χ0) is 18.3. The molecule has 0 spiro atoms. The highest BCUT2D eigenvalue weighted by atomic mass is 16.5. The van der Waals surface area contributed by atoms with Gasteiger partial charge < -0.3 is 19.2 Å². The second-order valence-corrected chi connectivity index (χ2v) is 7.00. The lowest BCUT2D eigenvalue weighted by Gasteiger charge is -2.12. The van der Waals surface area contributed by atoms with Gasteiger partial charge >= 0.3 is 0 Å². The van der Waals surface area contributed by atoms with Crippen LogP contribution < -0.4 is 5.32 Å². The van der Waals surface area contributed by atoms with E-state index in [1.165, 1.54) is 10.9 Å². The van der Waals surface area contributed by atoms with Gasteiger partial charge in [0.05, 0.1) is 17.4 Å². The zero-order valence-electron chi connectivity index (χ0n) is 14.7. The van der Waals surface area contributed by atoms with Crippen molar-refractivity contribution < 1.29 is 13.7 Å². The minimum Gasteiger partial charge on any atom is -0.461 e. The van der Waals surface area contributed by atoms with Crippen molar-refractivity contribution in [2.45, 2.75) is 24.7 Å². The first-order valence-corrected chi connectivity index (χ1v) is 9.11. The van der Waals surface area contributed by atoms with Crippen LogP contribution in [0.1, 0.15) is 24.1 Å². The quantitative estimate of drug-likeness (QED) is 0.547. The van der Waals surface area contributed by atoms with E-state index in [1.54, 1.807) is 12.3 Å². The molecule has 1 fully saturated rings. The Morgan fingerprint density at radius 1 is 1.19 bits per heavy atom. The summed E-state index contributed by atoms with van der Waals surface area (Å²) in [6, 6.07) is 13.6. The molecule has 1 saturated carbocycles. The maximum absolute atomic E-state index is 12.8. The molecule has 136 valence electrons. The SMILES string of the molecule is O=C(NCCc1c[nH]c2ccccc12)C1(c2cc(-c3ccco3)on2)CC1. The number of nitrogens with zero attached hydrogens (tertiary/aromatic N) is 1. The molecule has 0 unspecified atom stereocenters. The maximum atomic E-state index is 12.8. The fraction of sp³-hybridized carbons (Fsp3) is 0.238. The van der Waals surface area contributed by atoms with Crippen molar-refractivity contribution in [3.05, 3.63) is 66.2 Å². The van der Waals surface area contributed by atoms with Crippen molar-refractivity contribution in [2.75, 3.05) is 6.54 Å². The van der Waals surface area contributed by atoms with Crippen LogP contribution in [0, 0.1) is 0 Å². The molecule has 1 aliphatic rings. The lowest BCUT2D eigenvalue weighted by molar-refractivity contribution is -0.123. The molecule has 0 atom stereocenters. The molecule has 0 bridgehead atoms. The number of carbonyl (C=O) groups is 1. The predicted molar refractivity (Wildman–Crippen MR) is 100 cm³/mol. The first-order valence-electron chi connectivity index (χ1n) is 9.11. The molecule has 2 N–H and O–H groups in total. The number of fused-ring (bicyclic) bond motifs is 1. The fourth-order valence-corrected chi connectivity index (χ4v) is 3.58. The predicted octanol–water partition coefficient (Wildman–Crippen LogP) is 3.81. The van der Waals surface area contributed by atoms with Gasteiger partial charge in [-0.05, 0) is 43.0 Å². The van der Waals surface area contributed by atoms with Crippen LogP contribution in [-0.2, 0) is 16.6 Å². The number of H-pyrrole nitrogens is 1. The standard InChI is InChI=1S/C21H19N3O3/c25-20(22-10-7-14-13-23-16-5-2-1-4-15(14)16)21(8-9-21)19-12-18(27-24-19)17-6-3-11-26-17/h1-6,11-13,23H,7-10H2,(H,22,25). The fourth-order valence-electron chi connectivity index (χ4n) is 3.58. The molecule has 27 heavy (non-hydrogen) atoms. The van der Waals surface area contributed by atoms with Gasteiger partial charge in [0.25, 0.3) is 0 Å². The van der Waals surface area contributed by atoms with Crippen LogP contribution in [0.4, 0.5) is 0 Å². The van der Waals surface area contributed by atoms with Gasteiger partial charge in [-0.2, -0.15) is 0 Å². The Kier molecular flexibility index (Phi) is 3.63. The summed E-state index contributed by atoms with van der Waals surface area (Å²) in [4.78, 5) is 16.1. The van der Waals surface area contributed by atoms with E-state index in [1.807, 2.05) is 30.5 Å². The van der Waals surface area contributed by atoms with Crippen molar-refractivity contribution >= 4 is 16.8 Å². The number of hydrogen-bond acceptors (Lipinski definition) is 4. The highest BCUT2D eigenvalue weighted by Gasteiger charge is 2.53. The third-order valence-corrected chi connectivity index (χ3v) is 5.30. The molecular weight excluding hydrogens is 342 g/mol. The van der Waals surface area contributed by atoms with Crippen LogP contribution in [0.2, 0.25) is 0 Å². The molecule has 3 heterocycles. The molecule has 4 aromatic rings. The first kappa shape index (κ1) is 15.9. The monoisotopic (exact) mass is 361 g/mol. The summed E-state index contributed by atoms with van der Waals surface area (Å²) in [5.41, 5.74) is 2.44. The van der Waals surface area contributed by atoms with Gasteiger partial charge in [0.2, 0.25) is 11.7 Å². The zero-order valence-corrected chi connectivity index (χ0v) is 14.7. The molecule has 1 aromatic carbocycles. The number of para-hydroxylation sites is 1. The second kappa shape index (κ2) is 6.16. The van der Waals surface area contributed by atoms with Crippen molar-refractivity contribution in [3.63, 3.8) is 0 Å². The van der Waals surface area contributed by atoms with Crippen LogP contribution in [0.5, 0.6) is 0 Å². The second-order valence-electron chi connectivity index (χ2n) is 7.00. The Labute approximate surface area is 155 Å². The Hall–Kier alpha value is -3.28. The summed E-state index contributed by atoms with van der Waals surface area (Å²) >= 11 is 0. The molecular formula is C21H19N3O3. The number of hydrogen-bond donors (Lipinski definition) is 2. The average molecular weight is 361 g/mol. The maximum Gasteiger partial charge on any atom is 0.232 e. The van der Waals surface area contributed by atoms with Crippen molar-refractivity contribution in [1.29, 1.82) is 0 Å². The molecule has 3 aromatic heterocycles. The normalized spacial score (nSPS) is 15.1. The molecule has 6 heteroatoms. The van der Waals surface area contributed by atoms with Gasteiger partial charge in [-0.3, -0.25) is 4.79 Å². The van der Waals surface area contributed by atoms with Gasteiger partial charge in [0.1, 0.15) is 0 Å². The molecule has 1 amide bonds. The Bertz CT molecular complexity index is 1090. The molecule has 0 saturated heterocycles. The largest absolute Gasteiger partial charge is 0.461 e.